The molecule has 2 aliphatic rings. The van der Waals surface area contributed by atoms with Crippen LogP contribution in [0.4, 0.5) is 4.79 Å². The number of amides is 3. The lowest BCUT2D eigenvalue weighted by molar-refractivity contribution is -0.121. The molecule has 0 aromatic heterocycles. The van der Waals surface area contributed by atoms with Crippen LogP contribution in [0.1, 0.15) is 68.1 Å². The van der Waals surface area contributed by atoms with Crippen LogP contribution in [0.2, 0.25) is 0 Å². The quantitative estimate of drug-likeness (QED) is 0.0424. The molecule has 53 heavy (non-hydrogen) atoms. The molecule has 3 amide bonds. The van der Waals surface area contributed by atoms with Crippen LogP contribution in [-0.4, -0.2) is 81.0 Å². The first kappa shape index (κ1) is 40.3. The van der Waals surface area contributed by atoms with Crippen molar-refractivity contribution in [1.29, 1.82) is 5.26 Å². The summed E-state index contributed by atoms with van der Waals surface area (Å²) in [6.45, 7) is 1.58. The molecule has 0 bridgehead atoms. The zero-order chi connectivity index (χ0) is 37.5. The van der Waals surface area contributed by atoms with Crippen molar-refractivity contribution in [3.05, 3.63) is 95.6 Å². The second-order valence-electron chi connectivity index (χ2n) is 13.0. The zero-order valence-electron chi connectivity index (χ0n) is 30.9. The first-order chi connectivity index (χ1) is 26.0. The number of ether oxygens (including phenoxy) is 2. The summed E-state index contributed by atoms with van der Waals surface area (Å²) in [5, 5.41) is 18.3. The summed E-state index contributed by atoms with van der Waals surface area (Å²) in [4.78, 5) is 29.0. The topological polar surface area (TPSA) is 134 Å². The summed E-state index contributed by atoms with van der Waals surface area (Å²) >= 11 is 1.91. The predicted molar refractivity (Wildman–Crippen MR) is 210 cm³/mol. The average Bonchev–Trinajstić information content (AvgIpc) is 3.74. The molecule has 3 aromatic carbocycles. The third-order valence-electron chi connectivity index (χ3n) is 9.80. The number of benzene rings is 3. The number of unbranched alkanes of at least 4 members (excludes halogenated alkanes) is 3. The van der Waals surface area contributed by atoms with Gasteiger partial charge >= 0.3 is 6.03 Å². The number of nitriles is 1. The molecule has 3 aromatic rings. The molecule has 4 unspecified atom stereocenters. The van der Waals surface area contributed by atoms with E-state index in [1.54, 1.807) is 21.3 Å². The van der Waals surface area contributed by atoms with E-state index in [1.165, 1.54) is 0 Å². The Morgan fingerprint density at radius 3 is 2.17 bits per heavy atom. The lowest BCUT2D eigenvalue weighted by Crippen LogP contribution is -2.53. The van der Waals surface area contributed by atoms with Crippen molar-refractivity contribution in [3.63, 3.8) is 0 Å². The van der Waals surface area contributed by atoms with Gasteiger partial charge in [-0.3, -0.25) is 9.88 Å². The van der Waals surface area contributed by atoms with E-state index in [-0.39, 0.29) is 29.3 Å². The van der Waals surface area contributed by atoms with Gasteiger partial charge in [-0.05, 0) is 80.1 Å². The maximum atomic E-state index is 14.3. The van der Waals surface area contributed by atoms with Gasteiger partial charge in [0.05, 0.1) is 52.0 Å². The largest absolute Gasteiger partial charge is 0.497 e. The highest BCUT2D eigenvalue weighted by atomic mass is 32.2. The van der Waals surface area contributed by atoms with Crippen LogP contribution in [0, 0.1) is 11.3 Å². The van der Waals surface area contributed by atoms with E-state index in [4.69, 9.17) is 23.8 Å². The minimum Gasteiger partial charge on any atom is -0.497 e. The van der Waals surface area contributed by atoms with E-state index in [0.717, 1.165) is 72.5 Å². The van der Waals surface area contributed by atoms with Crippen LogP contribution < -0.4 is 25.2 Å². The van der Waals surface area contributed by atoms with E-state index in [9.17, 15) is 9.59 Å². The molecule has 284 valence electrons. The number of nitrogens with zero attached hydrogens (tertiary/aromatic N) is 2. The van der Waals surface area contributed by atoms with Gasteiger partial charge in [0.1, 0.15) is 17.0 Å². The van der Waals surface area contributed by atoms with Crippen LogP contribution in [0.5, 0.6) is 11.5 Å². The van der Waals surface area contributed by atoms with Crippen LogP contribution in [-0.2, 0) is 19.4 Å². The molecule has 13 heteroatoms. The number of urea groups is 1. The highest BCUT2D eigenvalue weighted by molar-refractivity contribution is 8.00. The number of nitrogens with one attached hydrogen (secondary N) is 3. The number of hydrogen-bond acceptors (Lipinski definition) is 9. The van der Waals surface area contributed by atoms with Gasteiger partial charge in [-0.15, -0.1) is 0 Å². The number of fused-ring (bicyclic) bond motifs is 1. The van der Waals surface area contributed by atoms with Crippen molar-refractivity contribution in [2.75, 3.05) is 46.8 Å². The van der Waals surface area contributed by atoms with Crippen molar-refractivity contribution in [1.82, 2.24) is 20.6 Å². The molecule has 2 fully saturated rings. The van der Waals surface area contributed by atoms with Gasteiger partial charge in [0.15, 0.2) is 0 Å². The Hall–Kier alpha value is -3.85. The summed E-state index contributed by atoms with van der Waals surface area (Å²) < 4.78 is 22.2. The number of thioether (sulfide) groups is 1. The molecule has 4 atom stereocenters. The molecule has 0 spiro atoms. The minimum absolute atomic E-state index is 0.0152. The van der Waals surface area contributed by atoms with Gasteiger partial charge in [0.25, 0.3) is 8.53 Å². The summed E-state index contributed by atoms with van der Waals surface area (Å²) in [6.07, 6.45) is 6.17. The predicted octanol–water partition coefficient (Wildman–Crippen LogP) is 7.11. The van der Waals surface area contributed by atoms with Gasteiger partial charge < -0.3 is 34.1 Å². The van der Waals surface area contributed by atoms with E-state index in [0.29, 0.717) is 32.6 Å². The summed E-state index contributed by atoms with van der Waals surface area (Å²) in [7, 11) is 3.93. The third-order valence-corrected chi connectivity index (χ3v) is 12.5. The molecule has 2 saturated heterocycles. The van der Waals surface area contributed by atoms with Crippen LogP contribution >= 0.6 is 20.3 Å². The van der Waals surface area contributed by atoms with Crippen molar-refractivity contribution in [2.24, 2.45) is 0 Å². The fourth-order valence-electron chi connectivity index (χ4n) is 7.23. The number of rotatable bonds is 22. The first-order valence-corrected chi connectivity index (χ1v) is 20.6. The second-order valence-corrected chi connectivity index (χ2v) is 15.8. The fraction of sp³-hybridized carbons (Fsp3) is 0.475. The standard InChI is InChI=1S/C40H52N5O6PS/c1-42-52(51-28-12-25-41)50-27-11-5-10-26-43-37(46)16-9-8-15-36-38-35(29-53-36)45(39(47)44-38)40(30-13-6-4-7-14-30,31-17-21-33(48-2)22-18-31)32-19-23-34(49-3)24-20-32/h4,6-7,13-14,17-24,35-36,38,42H,5,8-12,15-16,26-29H2,1-3H3,(H,43,46)(H,44,47). The Kier molecular flexibility index (Phi) is 15.7. The molecular weight excluding hydrogens is 710 g/mol. The Labute approximate surface area is 319 Å². The smallest absolute Gasteiger partial charge is 0.319 e. The second kappa shape index (κ2) is 20.6. The molecule has 11 nitrogen and oxygen atoms in total. The van der Waals surface area contributed by atoms with E-state index in [1.807, 2.05) is 54.2 Å². The Morgan fingerprint density at radius 2 is 1.55 bits per heavy atom. The number of methoxy groups -OCH3 is 2. The van der Waals surface area contributed by atoms with E-state index in [2.05, 4.69) is 63.1 Å². The first-order valence-electron chi connectivity index (χ1n) is 18.4. The summed E-state index contributed by atoms with van der Waals surface area (Å²) in [5.41, 5.74) is 2.03. The van der Waals surface area contributed by atoms with Gasteiger partial charge in [-0.1, -0.05) is 61.0 Å². The van der Waals surface area contributed by atoms with Gasteiger partial charge in [-0.25, -0.2) is 4.79 Å². The Balaban J connectivity index is 1.17. The van der Waals surface area contributed by atoms with Crippen LogP contribution in [0.25, 0.3) is 0 Å². The number of carbonyl (C=O) groups is 2. The summed E-state index contributed by atoms with van der Waals surface area (Å²) in [5.74, 6) is 2.39. The third kappa shape index (κ3) is 10.0. The zero-order valence-corrected chi connectivity index (χ0v) is 32.6. The molecule has 2 heterocycles. The lowest BCUT2D eigenvalue weighted by Gasteiger charge is -2.45. The van der Waals surface area contributed by atoms with Crippen LogP contribution in [0.3, 0.4) is 0 Å². The van der Waals surface area contributed by atoms with Crippen molar-refractivity contribution < 1.29 is 28.1 Å². The number of hydrogen-bond donors (Lipinski definition) is 3. The highest BCUT2D eigenvalue weighted by Crippen LogP contribution is 2.49. The molecular formula is C40H52N5O6PS. The maximum absolute atomic E-state index is 14.3. The van der Waals surface area contributed by atoms with E-state index < -0.39 is 14.1 Å². The van der Waals surface area contributed by atoms with Crippen molar-refractivity contribution in [2.45, 2.75) is 74.2 Å². The lowest BCUT2D eigenvalue weighted by atomic mass is 9.74. The van der Waals surface area contributed by atoms with Gasteiger partial charge in [0.2, 0.25) is 5.91 Å². The van der Waals surface area contributed by atoms with Crippen molar-refractivity contribution in [3.8, 4) is 17.6 Å². The SMILES string of the molecule is CNP(OCCC#N)OCCCCCNC(=O)CCCCC1SCC2C1NC(=O)N2C(c1ccccc1)(c1ccc(OC)cc1)c1ccc(OC)cc1. The average molecular weight is 762 g/mol. The van der Waals surface area contributed by atoms with Crippen molar-refractivity contribution >= 4 is 32.2 Å². The normalized spacial score (nSPS) is 18.6. The maximum Gasteiger partial charge on any atom is 0.319 e. The minimum atomic E-state index is -1.17. The Bertz CT molecular complexity index is 1580. The van der Waals surface area contributed by atoms with E-state index >= 15 is 0 Å². The Morgan fingerprint density at radius 1 is 0.906 bits per heavy atom. The van der Waals surface area contributed by atoms with Crippen LogP contribution in [0.15, 0.2) is 78.9 Å². The molecule has 2 aliphatic heterocycles. The molecule has 0 saturated carbocycles. The molecule has 3 N–H and O–H groups in total. The van der Waals surface area contributed by atoms with Gasteiger partial charge in [0, 0.05) is 24.0 Å². The fourth-order valence-corrected chi connectivity index (χ4v) is 9.70. The molecule has 0 radical (unpaired) electrons. The summed E-state index contributed by atoms with van der Waals surface area (Å²) in [6, 6.07) is 28.3. The van der Waals surface area contributed by atoms with Gasteiger partial charge in [-0.2, -0.15) is 17.0 Å². The molecule has 0 aliphatic carbocycles. The highest BCUT2D eigenvalue weighted by Gasteiger charge is 2.57. The molecule has 5 rings (SSSR count). The monoisotopic (exact) mass is 761 g/mol. The number of carbonyl (C=O) groups excluding carboxylic acids is 2.